The highest BCUT2D eigenvalue weighted by molar-refractivity contribution is 7.89. The Labute approximate surface area is 199 Å². The minimum Gasteiger partial charge on any atom is -0.494 e. The van der Waals surface area contributed by atoms with Crippen molar-refractivity contribution in [1.82, 2.24) is 13.9 Å². The molecule has 34 heavy (non-hydrogen) atoms. The average Bonchev–Trinajstić information content (AvgIpc) is 2.87. The number of fused-ring (bicyclic) bond motifs is 1. The molecule has 0 spiro atoms. The second kappa shape index (κ2) is 10.6. The van der Waals surface area contributed by atoms with Crippen molar-refractivity contribution in [3.05, 3.63) is 101 Å². The van der Waals surface area contributed by atoms with Crippen molar-refractivity contribution < 1.29 is 13.2 Å². The lowest BCUT2D eigenvalue weighted by Gasteiger charge is -2.22. The first kappa shape index (κ1) is 23.7. The van der Waals surface area contributed by atoms with Crippen LogP contribution in [-0.2, 0) is 23.5 Å². The number of hydrogen-bond donors (Lipinski definition) is 0. The van der Waals surface area contributed by atoms with E-state index in [1.54, 1.807) is 60.4 Å². The van der Waals surface area contributed by atoms with Crippen molar-refractivity contribution in [2.75, 3.05) is 19.7 Å². The Morgan fingerprint density at radius 2 is 1.79 bits per heavy atom. The molecule has 0 aliphatic heterocycles. The van der Waals surface area contributed by atoms with Crippen LogP contribution in [0.1, 0.15) is 12.0 Å². The summed E-state index contributed by atoms with van der Waals surface area (Å²) in [5.74, 6) is 0.680. The van der Waals surface area contributed by atoms with Gasteiger partial charge < -0.3 is 9.30 Å². The molecule has 0 fully saturated rings. The number of pyridine rings is 2. The molecule has 0 saturated heterocycles. The molecule has 7 nitrogen and oxygen atoms in total. The summed E-state index contributed by atoms with van der Waals surface area (Å²) >= 11 is 0. The number of rotatable bonds is 10. The third kappa shape index (κ3) is 5.52. The number of benzene rings is 2. The van der Waals surface area contributed by atoms with Crippen molar-refractivity contribution in [3.8, 4) is 5.75 Å². The molecule has 0 N–H and O–H groups in total. The normalized spacial score (nSPS) is 11.7. The van der Waals surface area contributed by atoms with E-state index in [9.17, 15) is 13.2 Å². The van der Waals surface area contributed by atoms with Gasteiger partial charge in [-0.1, -0.05) is 24.3 Å². The van der Waals surface area contributed by atoms with E-state index in [0.29, 0.717) is 38.3 Å². The quantitative estimate of drug-likeness (QED) is 0.326. The molecule has 176 valence electrons. The zero-order chi connectivity index (χ0) is 24.0. The first-order valence-corrected chi connectivity index (χ1v) is 12.6. The number of ether oxygens (including phenoxy) is 1. The van der Waals surface area contributed by atoms with Crippen LogP contribution in [-0.4, -0.2) is 42.0 Å². The zero-order valence-electron chi connectivity index (χ0n) is 19.0. The Morgan fingerprint density at radius 1 is 0.971 bits per heavy atom. The molecule has 0 aliphatic rings. The molecule has 0 radical (unpaired) electrons. The second-order valence-electron chi connectivity index (χ2n) is 7.98. The minimum atomic E-state index is -3.63. The van der Waals surface area contributed by atoms with Gasteiger partial charge in [-0.2, -0.15) is 4.31 Å². The Balaban J connectivity index is 1.42. The number of aryl methyl sites for hydroxylation is 1. The van der Waals surface area contributed by atoms with E-state index in [-0.39, 0.29) is 10.5 Å². The van der Waals surface area contributed by atoms with Crippen LogP contribution in [0.5, 0.6) is 5.75 Å². The largest absolute Gasteiger partial charge is 0.494 e. The van der Waals surface area contributed by atoms with Gasteiger partial charge in [-0.05, 0) is 60.9 Å². The van der Waals surface area contributed by atoms with Gasteiger partial charge in [0, 0.05) is 44.0 Å². The summed E-state index contributed by atoms with van der Waals surface area (Å²) in [6.07, 6.45) is 4.56. The van der Waals surface area contributed by atoms with Crippen molar-refractivity contribution in [2.45, 2.75) is 17.7 Å². The predicted molar refractivity (Wildman–Crippen MR) is 132 cm³/mol. The number of hydrogen-bond acceptors (Lipinski definition) is 5. The van der Waals surface area contributed by atoms with Gasteiger partial charge >= 0.3 is 0 Å². The average molecular weight is 478 g/mol. The summed E-state index contributed by atoms with van der Waals surface area (Å²) in [6, 6.07) is 21.1. The molecular formula is C26H27N3O4S. The van der Waals surface area contributed by atoms with Crippen LogP contribution < -0.4 is 10.3 Å². The highest BCUT2D eigenvalue weighted by atomic mass is 32.2. The predicted octanol–water partition coefficient (Wildman–Crippen LogP) is 3.64. The van der Waals surface area contributed by atoms with E-state index < -0.39 is 10.0 Å². The molecule has 0 unspecified atom stereocenters. The molecule has 8 heteroatoms. The van der Waals surface area contributed by atoms with Crippen LogP contribution in [0.2, 0.25) is 0 Å². The molecule has 0 atom stereocenters. The van der Waals surface area contributed by atoms with E-state index >= 15 is 0 Å². The SMILES string of the molecule is Cn1c(=O)ccc2cc(OCCCN(CCc3cccnc3)S(=O)(=O)c3ccccc3)ccc21. The fraction of sp³-hybridized carbons (Fsp3) is 0.231. The van der Waals surface area contributed by atoms with Gasteiger partial charge in [-0.3, -0.25) is 9.78 Å². The first-order chi connectivity index (χ1) is 16.4. The van der Waals surface area contributed by atoms with E-state index in [1.807, 2.05) is 30.3 Å². The molecule has 2 aromatic carbocycles. The van der Waals surface area contributed by atoms with Gasteiger partial charge in [0.05, 0.1) is 17.0 Å². The monoisotopic (exact) mass is 477 g/mol. The van der Waals surface area contributed by atoms with Crippen LogP contribution in [0.25, 0.3) is 10.9 Å². The molecule has 0 aliphatic carbocycles. The molecule has 0 bridgehead atoms. The summed E-state index contributed by atoms with van der Waals surface area (Å²) in [7, 11) is -1.89. The maximum Gasteiger partial charge on any atom is 0.250 e. The smallest absolute Gasteiger partial charge is 0.250 e. The summed E-state index contributed by atoms with van der Waals surface area (Å²) in [6.45, 7) is 1.05. The van der Waals surface area contributed by atoms with Crippen molar-refractivity contribution in [2.24, 2.45) is 7.05 Å². The van der Waals surface area contributed by atoms with E-state index in [2.05, 4.69) is 4.98 Å². The maximum atomic E-state index is 13.3. The van der Waals surface area contributed by atoms with Crippen molar-refractivity contribution >= 4 is 20.9 Å². The molecule has 0 saturated carbocycles. The maximum absolute atomic E-state index is 13.3. The molecule has 0 amide bonds. The fourth-order valence-corrected chi connectivity index (χ4v) is 5.28. The molecule has 2 heterocycles. The van der Waals surface area contributed by atoms with E-state index in [4.69, 9.17) is 4.74 Å². The number of aromatic nitrogens is 2. The highest BCUT2D eigenvalue weighted by Crippen LogP contribution is 2.20. The molecule has 4 aromatic rings. The lowest BCUT2D eigenvalue weighted by Crippen LogP contribution is -2.34. The molecule has 2 aromatic heterocycles. The van der Waals surface area contributed by atoms with Crippen LogP contribution >= 0.6 is 0 Å². The van der Waals surface area contributed by atoms with E-state index in [0.717, 1.165) is 16.5 Å². The summed E-state index contributed by atoms with van der Waals surface area (Å²) < 4.78 is 35.5. The topological polar surface area (TPSA) is 81.5 Å². The Bertz CT molecular complexity index is 1400. The van der Waals surface area contributed by atoms with Crippen LogP contribution in [0.3, 0.4) is 0 Å². The number of sulfonamides is 1. The van der Waals surface area contributed by atoms with Crippen LogP contribution in [0.15, 0.2) is 94.9 Å². The van der Waals surface area contributed by atoms with Crippen molar-refractivity contribution in [1.29, 1.82) is 0 Å². The van der Waals surface area contributed by atoms with Gasteiger partial charge in [0.25, 0.3) is 5.56 Å². The Hall–Kier alpha value is -3.49. The number of nitrogens with zero attached hydrogens (tertiary/aromatic N) is 3. The Morgan fingerprint density at radius 3 is 2.56 bits per heavy atom. The Kier molecular flexibility index (Phi) is 7.40. The summed E-state index contributed by atoms with van der Waals surface area (Å²) in [5, 5.41) is 0.907. The van der Waals surface area contributed by atoms with Gasteiger partial charge in [-0.15, -0.1) is 0 Å². The second-order valence-corrected chi connectivity index (χ2v) is 9.92. The molecular weight excluding hydrogens is 450 g/mol. The fourth-order valence-electron chi connectivity index (χ4n) is 3.78. The van der Waals surface area contributed by atoms with Crippen LogP contribution in [0, 0.1) is 0 Å². The third-order valence-electron chi connectivity index (χ3n) is 5.67. The lowest BCUT2D eigenvalue weighted by molar-refractivity contribution is 0.289. The first-order valence-electron chi connectivity index (χ1n) is 11.1. The zero-order valence-corrected chi connectivity index (χ0v) is 19.8. The van der Waals surface area contributed by atoms with Gasteiger partial charge in [0.15, 0.2) is 0 Å². The van der Waals surface area contributed by atoms with Gasteiger partial charge in [0.2, 0.25) is 10.0 Å². The van der Waals surface area contributed by atoms with Gasteiger partial charge in [0.1, 0.15) is 5.75 Å². The standard InChI is InChI=1S/C26H27N3O4S/c1-28-25-12-11-23(19-22(25)10-13-26(28)30)33-18-6-16-29(17-14-21-7-5-15-27-20-21)34(31,32)24-8-3-2-4-9-24/h2-5,7-13,15,19-20H,6,14,16-18H2,1H3. The van der Waals surface area contributed by atoms with E-state index in [1.165, 1.54) is 10.4 Å². The summed E-state index contributed by atoms with van der Waals surface area (Å²) in [5.41, 5.74) is 1.75. The van der Waals surface area contributed by atoms with Crippen LogP contribution in [0.4, 0.5) is 0 Å². The van der Waals surface area contributed by atoms with Gasteiger partial charge in [-0.25, -0.2) is 8.42 Å². The third-order valence-corrected chi connectivity index (χ3v) is 7.58. The summed E-state index contributed by atoms with van der Waals surface area (Å²) in [4.78, 5) is 16.2. The highest BCUT2D eigenvalue weighted by Gasteiger charge is 2.23. The molecule has 4 rings (SSSR count). The van der Waals surface area contributed by atoms with Crippen molar-refractivity contribution in [3.63, 3.8) is 0 Å². The lowest BCUT2D eigenvalue weighted by atomic mass is 10.2. The minimum absolute atomic E-state index is 0.0628.